The molecule has 6 nitrogen and oxygen atoms in total. The number of amides is 1. The molecule has 3 N–H and O–H groups in total. The summed E-state index contributed by atoms with van der Waals surface area (Å²) >= 11 is 0. The molecule has 1 aromatic heterocycles. The van der Waals surface area contributed by atoms with Gasteiger partial charge in [-0.25, -0.2) is 0 Å². The first-order valence-corrected chi connectivity index (χ1v) is 9.72. The number of carbonyl (C=O) groups is 1. The number of carbonyl (C=O) groups excluding carboxylic acids is 1. The lowest BCUT2D eigenvalue weighted by molar-refractivity contribution is -0.119. The van der Waals surface area contributed by atoms with E-state index in [1.807, 2.05) is 12.3 Å². The highest BCUT2D eigenvalue weighted by Gasteiger charge is 2.24. The molecule has 1 aliphatic heterocycles. The fraction of sp³-hybridized carbons (Fsp3) is 0.650. The van der Waals surface area contributed by atoms with Crippen molar-refractivity contribution < 1.29 is 4.79 Å². The van der Waals surface area contributed by atoms with Crippen LogP contribution in [0.5, 0.6) is 0 Å². The average molecular weight is 360 g/mol. The van der Waals surface area contributed by atoms with E-state index in [-0.39, 0.29) is 5.91 Å². The lowest BCUT2D eigenvalue weighted by atomic mass is 9.89. The Labute approximate surface area is 157 Å². The smallest absolute Gasteiger partial charge is 0.217 e. The number of nitrogens with two attached hydrogens (primary N) is 1. The van der Waals surface area contributed by atoms with Crippen LogP contribution < -0.4 is 11.1 Å². The second kappa shape index (κ2) is 10.1. The van der Waals surface area contributed by atoms with Crippen molar-refractivity contribution in [2.24, 2.45) is 22.6 Å². The number of pyridine rings is 1. The van der Waals surface area contributed by atoms with Gasteiger partial charge in [0.15, 0.2) is 5.96 Å². The number of nitrogens with one attached hydrogen (secondary N) is 1. The summed E-state index contributed by atoms with van der Waals surface area (Å²) in [5.74, 6) is 1.87. The molecule has 144 valence electrons. The van der Waals surface area contributed by atoms with Crippen LogP contribution in [0.25, 0.3) is 0 Å². The van der Waals surface area contributed by atoms with Crippen molar-refractivity contribution in [1.29, 1.82) is 0 Å². The maximum atomic E-state index is 11.3. The maximum Gasteiger partial charge on any atom is 0.217 e. The van der Waals surface area contributed by atoms with Gasteiger partial charge < -0.3 is 16.0 Å². The Morgan fingerprint density at radius 1 is 1.50 bits per heavy atom. The molecule has 1 fully saturated rings. The molecule has 2 heterocycles. The van der Waals surface area contributed by atoms with Crippen molar-refractivity contribution in [2.45, 2.75) is 46.0 Å². The first-order valence-electron chi connectivity index (χ1n) is 9.72. The minimum absolute atomic E-state index is 0.213. The topological polar surface area (TPSA) is 83.6 Å². The number of aliphatic imine (C=N–C) groups is 1. The zero-order valence-corrected chi connectivity index (χ0v) is 16.3. The molecule has 26 heavy (non-hydrogen) atoms. The maximum absolute atomic E-state index is 11.3. The Kier molecular flexibility index (Phi) is 7.88. The van der Waals surface area contributed by atoms with Crippen molar-refractivity contribution in [3.8, 4) is 0 Å². The number of rotatable bonds is 7. The van der Waals surface area contributed by atoms with Gasteiger partial charge in [-0.3, -0.25) is 14.8 Å². The Hall–Kier alpha value is -2.11. The number of piperidine rings is 1. The number of likely N-dealkylation sites (tertiary alicyclic amines) is 1. The minimum atomic E-state index is -0.213. The molecule has 0 radical (unpaired) electrons. The minimum Gasteiger partial charge on any atom is -0.370 e. The van der Waals surface area contributed by atoms with Crippen molar-refractivity contribution in [3.63, 3.8) is 0 Å². The first-order chi connectivity index (χ1) is 12.5. The molecule has 0 spiro atoms. The Balaban J connectivity index is 2.10. The fourth-order valence-corrected chi connectivity index (χ4v) is 3.62. The second-order valence-corrected chi connectivity index (χ2v) is 7.46. The van der Waals surface area contributed by atoms with Crippen LogP contribution in [0, 0.1) is 11.8 Å². The molecule has 2 rings (SSSR count). The molecule has 0 aromatic carbocycles. The van der Waals surface area contributed by atoms with Crippen molar-refractivity contribution >= 4 is 11.9 Å². The summed E-state index contributed by atoms with van der Waals surface area (Å²) < 4.78 is 0. The lowest BCUT2D eigenvalue weighted by Crippen LogP contribution is -2.47. The first kappa shape index (κ1) is 20.2. The molecule has 1 saturated heterocycles. The highest BCUT2D eigenvalue weighted by Crippen LogP contribution is 2.24. The van der Waals surface area contributed by atoms with E-state index in [2.05, 4.69) is 42.0 Å². The Morgan fingerprint density at radius 2 is 2.31 bits per heavy atom. The molecule has 6 heteroatoms. The molecule has 2 atom stereocenters. The summed E-state index contributed by atoms with van der Waals surface area (Å²) in [4.78, 5) is 22.7. The zero-order chi connectivity index (χ0) is 18.9. The fourth-order valence-electron chi connectivity index (χ4n) is 3.62. The molecule has 0 aliphatic carbocycles. The highest BCUT2D eigenvalue weighted by molar-refractivity contribution is 5.80. The van der Waals surface area contributed by atoms with Crippen LogP contribution in [0.15, 0.2) is 29.5 Å². The average Bonchev–Trinajstić information content (AvgIpc) is 2.61. The van der Waals surface area contributed by atoms with E-state index in [1.165, 1.54) is 5.56 Å². The predicted octanol–water partition coefficient (Wildman–Crippen LogP) is 2.37. The van der Waals surface area contributed by atoms with Gasteiger partial charge >= 0.3 is 0 Å². The van der Waals surface area contributed by atoms with Gasteiger partial charge in [0.2, 0.25) is 5.91 Å². The van der Waals surface area contributed by atoms with E-state index < -0.39 is 0 Å². The monoisotopic (exact) mass is 359 g/mol. The van der Waals surface area contributed by atoms with E-state index in [1.54, 1.807) is 6.20 Å². The third-order valence-electron chi connectivity index (χ3n) is 5.00. The van der Waals surface area contributed by atoms with E-state index in [0.29, 0.717) is 24.2 Å². The second-order valence-electron chi connectivity index (χ2n) is 7.46. The van der Waals surface area contributed by atoms with Crippen LogP contribution in [0.1, 0.15) is 51.5 Å². The van der Waals surface area contributed by atoms with E-state index in [9.17, 15) is 4.79 Å². The summed E-state index contributed by atoms with van der Waals surface area (Å²) in [5, 5.41) is 3.42. The van der Waals surface area contributed by atoms with E-state index in [0.717, 1.165) is 45.0 Å². The van der Waals surface area contributed by atoms with Crippen molar-refractivity contribution in [3.05, 3.63) is 30.1 Å². The van der Waals surface area contributed by atoms with Crippen molar-refractivity contribution in [2.75, 3.05) is 26.2 Å². The quantitative estimate of drug-likeness (QED) is 0.578. The Bertz CT molecular complexity index is 587. The summed E-state index contributed by atoms with van der Waals surface area (Å²) in [6, 6.07) is 4.11. The van der Waals surface area contributed by atoms with Crippen LogP contribution in [0.3, 0.4) is 0 Å². The Morgan fingerprint density at radius 3 is 2.92 bits per heavy atom. The van der Waals surface area contributed by atoms with Gasteiger partial charge in [-0.05, 0) is 43.2 Å². The number of guanidine groups is 1. The van der Waals surface area contributed by atoms with Gasteiger partial charge in [-0.15, -0.1) is 0 Å². The zero-order valence-electron chi connectivity index (χ0n) is 16.3. The molecule has 1 amide bonds. The standard InChI is InChI=1S/C20H33N5O/c1-4-23-20(25-10-6-7-16(14-25)11-19(21)26)24-13-18(15(2)3)17-8-5-9-22-12-17/h5,8-9,12,15-16,18H,4,6-7,10-11,13-14H2,1-3H3,(H2,21,26)(H,23,24). The van der Waals surface area contributed by atoms with E-state index >= 15 is 0 Å². The summed E-state index contributed by atoms with van der Waals surface area (Å²) in [7, 11) is 0. The lowest BCUT2D eigenvalue weighted by Gasteiger charge is -2.35. The largest absolute Gasteiger partial charge is 0.370 e. The van der Waals surface area contributed by atoms with Gasteiger partial charge in [0.05, 0.1) is 0 Å². The van der Waals surface area contributed by atoms with Gasteiger partial charge in [0.1, 0.15) is 0 Å². The number of hydrogen-bond donors (Lipinski definition) is 2. The molecule has 2 unspecified atom stereocenters. The van der Waals surface area contributed by atoms with Gasteiger partial charge in [-0.2, -0.15) is 0 Å². The van der Waals surface area contributed by atoms with Crippen LogP contribution in [0.2, 0.25) is 0 Å². The van der Waals surface area contributed by atoms with Crippen LogP contribution in [-0.4, -0.2) is 47.9 Å². The van der Waals surface area contributed by atoms with Crippen molar-refractivity contribution in [1.82, 2.24) is 15.2 Å². The van der Waals surface area contributed by atoms with E-state index in [4.69, 9.17) is 10.7 Å². The summed E-state index contributed by atoms with van der Waals surface area (Å²) in [6.45, 7) is 9.90. The number of hydrogen-bond acceptors (Lipinski definition) is 3. The van der Waals surface area contributed by atoms with Gasteiger partial charge in [0.25, 0.3) is 0 Å². The van der Waals surface area contributed by atoms with Gasteiger partial charge in [-0.1, -0.05) is 19.9 Å². The third-order valence-corrected chi connectivity index (χ3v) is 5.00. The van der Waals surface area contributed by atoms with Gasteiger partial charge in [0, 0.05) is 50.9 Å². The number of nitrogens with zero attached hydrogens (tertiary/aromatic N) is 3. The molecular weight excluding hydrogens is 326 g/mol. The molecule has 0 bridgehead atoms. The summed E-state index contributed by atoms with van der Waals surface area (Å²) in [6.07, 6.45) is 6.33. The van der Waals surface area contributed by atoms with Crippen LogP contribution >= 0.6 is 0 Å². The predicted molar refractivity (Wildman–Crippen MR) is 106 cm³/mol. The molecule has 1 aliphatic rings. The number of primary amides is 1. The molecule has 1 aromatic rings. The number of aromatic nitrogens is 1. The molecular formula is C20H33N5O. The highest BCUT2D eigenvalue weighted by atomic mass is 16.1. The van der Waals surface area contributed by atoms with Crippen LogP contribution in [0.4, 0.5) is 0 Å². The van der Waals surface area contributed by atoms with Crippen LogP contribution in [-0.2, 0) is 4.79 Å². The summed E-state index contributed by atoms with van der Waals surface area (Å²) in [5.41, 5.74) is 6.62. The normalized spacial score (nSPS) is 19.5. The molecule has 0 saturated carbocycles. The SMILES string of the molecule is CCNC(=NCC(c1cccnc1)C(C)C)N1CCCC(CC(N)=O)C1. The third kappa shape index (κ3) is 6.00.